The molecule has 1 rings (SSSR count). The van der Waals surface area contributed by atoms with Gasteiger partial charge in [0.25, 0.3) is 5.91 Å². The molecular weight excluding hydrogens is 268 g/mol. The Morgan fingerprint density at radius 3 is 2.71 bits per heavy atom. The summed E-state index contributed by atoms with van der Waals surface area (Å²) in [6, 6.07) is 6.85. The summed E-state index contributed by atoms with van der Waals surface area (Å²) in [6.45, 7) is 3.52. The lowest BCUT2D eigenvalue weighted by molar-refractivity contribution is -0.125. The second-order valence-electron chi connectivity index (χ2n) is 5.29. The number of amides is 2. The second-order valence-corrected chi connectivity index (χ2v) is 5.29. The standard InChI is InChI=1S/C16H20N2O3/c1-16(2,15(17)21)11-18-14(20)13-8-5-7-12(10-13)6-3-4-9-19/h5,7-8,10,19H,4,9,11H2,1-2H3,(H2,17,21)(H,18,20). The highest BCUT2D eigenvalue weighted by Gasteiger charge is 2.25. The number of benzene rings is 1. The van der Waals surface area contributed by atoms with E-state index in [-0.39, 0.29) is 19.1 Å². The molecule has 0 fully saturated rings. The average Bonchev–Trinajstić information content (AvgIpc) is 2.45. The Labute approximate surface area is 124 Å². The molecule has 0 bridgehead atoms. The van der Waals surface area contributed by atoms with Gasteiger partial charge in [0.05, 0.1) is 12.0 Å². The monoisotopic (exact) mass is 288 g/mol. The molecule has 2 amide bonds. The molecule has 0 aliphatic rings. The van der Waals surface area contributed by atoms with Crippen LogP contribution in [0.4, 0.5) is 0 Å². The predicted octanol–water partition coefficient (Wildman–Crippen LogP) is 0.662. The van der Waals surface area contributed by atoms with E-state index in [0.717, 1.165) is 0 Å². The molecule has 112 valence electrons. The third kappa shape index (κ3) is 5.28. The van der Waals surface area contributed by atoms with Crippen LogP contribution in [0.15, 0.2) is 24.3 Å². The minimum atomic E-state index is -0.797. The largest absolute Gasteiger partial charge is 0.395 e. The van der Waals surface area contributed by atoms with Gasteiger partial charge in [-0.15, -0.1) is 0 Å². The summed E-state index contributed by atoms with van der Waals surface area (Å²) in [4.78, 5) is 23.2. The molecule has 5 heteroatoms. The Morgan fingerprint density at radius 2 is 2.10 bits per heavy atom. The molecule has 0 unspecified atom stereocenters. The number of hydrogen-bond donors (Lipinski definition) is 3. The zero-order valence-corrected chi connectivity index (χ0v) is 12.3. The highest BCUT2D eigenvalue weighted by Crippen LogP contribution is 2.12. The van der Waals surface area contributed by atoms with Crippen LogP contribution in [0.5, 0.6) is 0 Å². The molecule has 0 radical (unpaired) electrons. The molecule has 0 saturated carbocycles. The molecular formula is C16H20N2O3. The van der Waals surface area contributed by atoms with Crippen molar-refractivity contribution in [1.82, 2.24) is 5.32 Å². The summed E-state index contributed by atoms with van der Waals surface area (Å²) in [7, 11) is 0. The van der Waals surface area contributed by atoms with Crippen LogP contribution in [0, 0.1) is 17.3 Å². The number of carbonyl (C=O) groups excluding carboxylic acids is 2. The Bertz CT molecular complexity index is 583. The first-order valence-electron chi connectivity index (χ1n) is 6.65. The van der Waals surface area contributed by atoms with Crippen molar-refractivity contribution in [2.45, 2.75) is 20.3 Å². The van der Waals surface area contributed by atoms with Crippen LogP contribution in [0.1, 0.15) is 36.2 Å². The van der Waals surface area contributed by atoms with Crippen LogP contribution < -0.4 is 11.1 Å². The van der Waals surface area contributed by atoms with Crippen LogP contribution >= 0.6 is 0 Å². The molecule has 0 heterocycles. The maximum absolute atomic E-state index is 12.0. The quantitative estimate of drug-likeness (QED) is 0.695. The summed E-state index contributed by atoms with van der Waals surface area (Å²) in [5.74, 6) is 4.91. The fourth-order valence-electron chi connectivity index (χ4n) is 1.45. The van der Waals surface area contributed by atoms with Crippen LogP contribution in [-0.2, 0) is 4.79 Å². The van der Waals surface area contributed by atoms with Crippen molar-refractivity contribution in [3.63, 3.8) is 0 Å². The van der Waals surface area contributed by atoms with E-state index < -0.39 is 11.3 Å². The van der Waals surface area contributed by atoms with Crippen LogP contribution in [0.2, 0.25) is 0 Å². The van der Waals surface area contributed by atoms with E-state index in [0.29, 0.717) is 17.5 Å². The number of aliphatic hydroxyl groups excluding tert-OH is 1. The van der Waals surface area contributed by atoms with E-state index in [4.69, 9.17) is 10.8 Å². The van der Waals surface area contributed by atoms with Gasteiger partial charge in [-0.05, 0) is 32.0 Å². The van der Waals surface area contributed by atoms with Gasteiger partial charge < -0.3 is 16.2 Å². The van der Waals surface area contributed by atoms with Crippen molar-refractivity contribution in [3.05, 3.63) is 35.4 Å². The van der Waals surface area contributed by atoms with Gasteiger partial charge in [0.2, 0.25) is 5.91 Å². The third-order valence-electron chi connectivity index (χ3n) is 2.95. The normalized spacial score (nSPS) is 10.4. The van der Waals surface area contributed by atoms with E-state index in [1.54, 1.807) is 38.1 Å². The van der Waals surface area contributed by atoms with E-state index in [2.05, 4.69) is 17.2 Å². The summed E-state index contributed by atoms with van der Waals surface area (Å²) in [5, 5.41) is 11.4. The number of rotatable bonds is 5. The van der Waals surface area contributed by atoms with Crippen LogP contribution in [0.25, 0.3) is 0 Å². The summed E-state index contributed by atoms with van der Waals surface area (Å²) in [6.07, 6.45) is 0.392. The highest BCUT2D eigenvalue weighted by atomic mass is 16.2. The van der Waals surface area contributed by atoms with Crippen molar-refractivity contribution >= 4 is 11.8 Å². The minimum absolute atomic E-state index is 0.00930. The zero-order chi connectivity index (χ0) is 15.9. The molecule has 0 aromatic heterocycles. The van der Waals surface area contributed by atoms with Gasteiger partial charge in [-0.25, -0.2) is 0 Å². The average molecular weight is 288 g/mol. The number of hydrogen-bond acceptors (Lipinski definition) is 3. The molecule has 5 nitrogen and oxygen atoms in total. The van der Waals surface area contributed by atoms with Gasteiger partial charge in [0, 0.05) is 24.1 Å². The maximum Gasteiger partial charge on any atom is 0.251 e. The van der Waals surface area contributed by atoms with Crippen LogP contribution in [-0.4, -0.2) is 30.1 Å². The fraction of sp³-hybridized carbons (Fsp3) is 0.375. The Kier molecular flexibility index (Phi) is 5.94. The lowest BCUT2D eigenvalue weighted by Gasteiger charge is -2.20. The molecule has 0 aliphatic carbocycles. The third-order valence-corrected chi connectivity index (χ3v) is 2.95. The summed E-state index contributed by atoms with van der Waals surface area (Å²) < 4.78 is 0. The summed E-state index contributed by atoms with van der Waals surface area (Å²) >= 11 is 0. The number of nitrogens with one attached hydrogen (secondary N) is 1. The molecule has 0 atom stereocenters. The fourth-order valence-corrected chi connectivity index (χ4v) is 1.45. The first-order chi connectivity index (χ1) is 9.86. The minimum Gasteiger partial charge on any atom is -0.395 e. The van der Waals surface area contributed by atoms with Gasteiger partial charge in [-0.2, -0.15) is 0 Å². The first kappa shape index (κ1) is 16.7. The van der Waals surface area contributed by atoms with Gasteiger partial charge in [-0.1, -0.05) is 17.9 Å². The second kappa shape index (κ2) is 7.46. The molecule has 4 N–H and O–H groups in total. The maximum atomic E-state index is 12.0. The lowest BCUT2D eigenvalue weighted by Crippen LogP contribution is -2.42. The Morgan fingerprint density at radius 1 is 1.38 bits per heavy atom. The molecule has 1 aromatic rings. The van der Waals surface area contributed by atoms with Crippen molar-refractivity contribution in [2.75, 3.05) is 13.2 Å². The van der Waals surface area contributed by atoms with Gasteiger partial charge in [-0.3, -0.25) is 9.59 Å². The predicted molar refractivity (Wildman–Crippen MR) is 80.3 cm³/mol. The Hall–Kier alpha value is -2.32. The van der Waals surface area contributed by atoms with Gasteiger partial charge in [0.1, 0.15) is 0 Å². The van der Waals surface area contributed by atoms with E-state index in [9.17, 15) is 9.59 Å². The van der Waals surface area contributed by atoms with Crippen molar-refractivity contribution in [3.8, 4) is 11.8 Å². The van der Waals surface area contributed by atoms with Crippen molar-refractivity contribution in [1.29, 1.82) is 0 Å². The van der Waals surface area contributed by atoms with Gasteiger partial charge >= 0.3 is 0 Å². The smallest absolute Gasteiger partial charge is 0.251 e. The van der Waals surface area contributed by atoms with Gasteiger partial charge in [0.15, 0.2) is 0 Å². The molecule has 21 heavy (non-hydrogen) atoms. The topological polar surface area (TPSA) is 92.4 Å². The first-order valence-corrected chi connectivity index (χ1v) is 6.65. The number of primary amides is 1. The molecule has 0 aliphatic heterocycles. The van der Waals surface area contributed by atoms with Crippen molar-refractivity contribution in [2.24, 2.45) is 11.1 Å². The highest BCUT2D eigenvalue weighted by molar-refractivity contribution is 5.95. The molecule has 0 saturated heterocycles. The molecule has 0 spiro atoms. The van der Waals surface area contributed by atoms with E-state index >= 15 is 0 Å². The van der Waals surface area contributed by atoms with E-state index in [1.807, 2.05) is 0 Å². The Balaban J connectivity index is 2.73. The number of aliphatic hydroxyl groups is 1. The zero-order valence-electron chi connectivity index (χ0n) is 12.3. The number of nitrogens with two attached hydrogens (primary N) is 1. The lowest BCUT2D eigenvalue weighted by atomic mass is 9.92. The number of carbonyl (C=O) groups is 2. The van der Waals surface area contributed by atoms with Crippen molar-refractivity contribution < 1.29 is 14.7 Å². The summed E-state index contributed by atoms with van der Waals surface area (Å²) in [5.41, 5.74) is 5.62. The van der Waals surface area contributed by atoms with E-state index in [1.165, 1.54) is 0 Å². The molecule has 1 aromatic carbocycles. The van der Waals surface area contributed by atoms with Crippen LogP contribution in [0.3, 0.4) is 0 Å². The SMILES string of the molecule is CC(C)(CNC(=O)c1cccc(C#CCCO)c1)C(N)=O.